The molecular weight excluding hydrogens is 397 g/mol. The van der Waals surface area contributed by atoms with Crippen LogP contribution >= 0.6 is 23.2 Å². The summed E-state index contributed by atoms with van der Waals surface area (Å²) in [5.74, 6) is -2.90. The van der Waals surface area contributed by atoms with E-state index in [1.54, 1.807) is 66.7 Å². The van der Waals surface area contributed by atoms with Crippen LogP contribution in [0.2, 0.25) is 10.0 Å². The van der Waals surface area contributed by atoms with Gasteiger partial charge in [0.25, 0.3) is 5.91 Å². The highest BCUT2D eigenvalue weighted by Crippen LogP contribution is 2.23. The van der Waals surface area contributed by atoms with Crippen LogP contribution in [-0.2, 0) is 4.79 Å². The van der Waals surface area contributed by atoms with E-state index in [1.165, 1.54) is 12.1 Å². The van der Waals surface area contributed by atoms with E-state index < -0.39 is 23.5 Å². The van der Waals surface area contributed by atoms with Gasteiger partial charge in [-0.25, -0.2) is 0 Å². The highest BCUT2D eigenvalue weighted by molar-refractivity contribution is 6.31. The van der Waals surface area contributed by atoms with E-state index in [2.05, 4.69) is 5.32 Å². The Labute approximate surface area is 172 Å². The molecule has 3 aromatic rings. The van der Waals surface area contributed by atoms with Crippen molar-refractivity contribution < 1.29 is 14.4 Å². The monoisotopic (exact) mass is 411 g/mol. The molecule has 0 fully saturated rings. The third kappa shape index (κ3) is 4.66. The van der Waals surface area contributed by atoms with Crippen molar-refractivity contribution in [3.63, 3.8) is 0 Å². The van der Waals surface area contributed by atoms with Crippen LogP contribution in [0.15, 0.2) is 78.9 Å². The maximum Gasteiger partial charge on any atom is 0.257 e. The lowest BCUT2D eigenvalue weighted by atomic mass is 9.89. The maximum atomic E-state index is 13.0. The van der Waals surface area contributed by atoms with Crippen molar-refractivity contribution in [2.24, 2.45) is 0 Å². The second kappa shape index (κ2) is 8.83. The number of halogens is 2. The number of imide groups is 1. The van der Waals surface area contributed by atoms with Gasteiger partial charge in [0.05, 0.1) is 0 Å². The first-order valence-electron chi connectivity index (χ1n) is 8.41. The van der Waals surface area contributed by atoms with Gasteiger partial charge < -0.3 is 0 Å². The molecule has 0 spiro atoms. The second-order valence-corrected chi connectivity index (χ2v) is 6.91. The van der Waals surface area contributed by atoms with Crippen LogP contribution in [0.3, 0.4) is 0 Å². The Kier molecular flexibility index (Phi) is 6.24. The number of rotatable bonds is 5. The normalized spacial score (nSPS) is 11.5. The standard InChI is InChI=1S/C22H15Cl2NO3/c23-17-10-6-15(7-11-17)20(26)19(14-4-2-1-3-5-14)22(28)25-21(27)16-8-12-18(24)13-9-16/h1-13,19H,(H,25,27,28)/t19-/m0/s1. The van der Waals surface area contributed by atoms with Crippen LogP contribution in [0.25, 0.3) is 0 Å². The summed E-state index contributed by atoms with van der Waals surface area (Å²) in [6.45, 7) is 0. The largest absolute Gasteiger partial charge is 0.293 e. The summed E-state index contributed by atoms with van der Waals surface area (Å²) in [6, 6.07) is 20.9. The van der Waals surface area contributed by atoms with Crippen molar-refractivity contribution in [3.8, 4) is 0 Å². The van der Waals surface area contributed by atoms with Crippen molar-refractivity contribution in [1.29, 1.82) is 0 Å². The number of ketones is 1. The summed E-state index contributed by atoms with van der Waals surface area (Å²) in [7, 11) is 0. The Hall–Kier alpha value is -2.95. The molecule has 1 atom stereocenters. The molecule has 0 aromatic heterocycles. The van der Waals surface area contributed by atoms with E-state index in [9.17, 15) is 14.4 Å². The minimum atomic E-state index is -1.17. The molecule has 140 valence electrons. The molecule has 0 aliphatic rings. The van der Waals surface area contributed by atoms with Crippen LogP contribution in [-0.4, -0.2) is 17.6 Å². The maximum absolute atomic E-state index is 13.0. The molecule has 1 N–H and O–H groups in total. The van der Waals surface area contributed by atoms with Gasteiger partial charge in [-0.1, -0.05) is 53.5 Å². The number of benzene rings is 3. The molecule has 4 nitrogen and oxygen atoms in total. The molecule has 0 heterocycles. The lowest BCUT2D eigenvalue weighted by Crippen LogP contribution is -2.37. The molecule has 0 saturated heterocycles. The van der Waals surface area contributed by atoms with E-state index >= 15 is 0 Å². The van der Waals surface area contributed by atoms with Crippen LogP contribution in [0.1, 0.15) is 32.2 Å². The first-order valence-corrected chi connectivity index (χ1v) is 9.17. The average molecular weight is 412 g/mol. The lowest BCUT2D eigenvalue weighted by Gasteiger charge is -2.16. The Balaban J connectivity index is 1.89. The number of hydrogen-bond acceptors (Lipinski definition) is 3. The highest BCUT2D eigenvalue weighted by Gasteiger charge is 2.30. The average Bonchev–Trinajstić information content (AvgIpc) is 2.70. The summed E-state index contributed by atoms with van der Waals surface area (Å²) in [5.41, 5.74) is 1.08. The van der Waals surface area contributed by atoms with Gasteiger partial charge in [0.1, 0.15) is 5.92 Å². The zero-order valence-corrected chi connectivity index (χ0v) is 16.1. The molecule has 0 aliphatic heterocycles. The van der Waals surface area contributed by atoms with Crippen molar-refractivity contribution >= 4 is 40.8 Å². The number of nitrogens with one attached hydrogen (secondary N) is 1. The summed E-state index contributed by atoms with van der Waals surface area (Å²) < 4.78 is 0. The van der Waals surface area contributed by atoms with E-state index in [-0.39, 0.29) is 5.56 Å². The summed E-state index contributed by atoms with van der Waals surface area (Å²) in [4.78, 5) is 38.3. The molecule has 0 unspecified atom stereocenters. The van der Waals surface area contributed by atoms with Crippen molar-refractivity contribution in [1.82, 2.24) is 5.32 Å². The molecule has 2 amide bonds. The molecule has 0 radical (unpaired) electrons. The van der Waals surface area contributed by atoms with Crippen molar-refractivity contribution in [3.05, 3.63) is 106 Å². The molecule has 0 bridgehead atoms. The second-order valence-electron chi connectivity index (χ2n) is 6.04. The topological polar surface area (TPSA) is 63.2 Å². The van der Waals surface area contributed by atoms with Gasteiger partial charge in [-0.15, -0.1) is 0 Å². The Bertz CT molecular complexity index is 1000. The van der Waals surface area contributed by atoms with Gasteiger partial charge in [0, 0.05) is 21.2 Å². The predicted molar refractivity (Wildman–Crippen MR) is 109 cm³/mol. The summed E-state index contributed by atoms with van der Waals surface area (Å²) >= 11 is 11.7. The quantitative estimate of drug-likeness (QED) is 0.478. The third-order valence-corrected chi connectivity index (χ3v) is 4.63. The minimum absolute atomic E-state index is 0.267. The van der Waals surface area contributed by atoms with E-state index in [0.29, 0.717) is 21.2 Å². The van der Waals surface area contributed by atoms with Crippen LogP contribution < -0.4 is 5.32 Å². The molecular formula is C22H15Cl2NO3. The lowest BCUT2D eigenvalue weighted by molar-refractivity contribution is -0.120. The van der Waals surface area contributed by atoms with Crippen LogP contribution in [0, 0.1) is 0 Å². The van der Waals surface area contributed by atoms with Gasteiger partial charge in [-0.3, -0.25) is 19.7 Å². The number of carbonyl (C=O) groups is 3. The number of hydrogen-bond donors (Lipinski definition) is 1. The Morgan fingerprint density at radius 1 is 0.679 bits per heavy atom. The Morgan fingerprint density at radius 3 is 1.71 bits per heavy atom. The molecule has 0 aliphatic carbocycles. The Morgan fingerprint density at radius 2 is 1.18 bits per heavy atom. The highest BCUT2D eigenvalue weighted by atomic mass is 35.5. The first-order chi connectivity index (χ1) is 13.5. The number of amides is 2. The van der Waals surface area contributed by atoms with E-state index in [4.69, 9.17) is 23.2 Å². The van der Waals surface area contributed by atoms with Gasteiger partial charge >= 0.3 is 0 Å². The zero-order chi connectivity index (χ0) is 20.1. The minimum Gasteiger partial charge on any atom is -0.293 e. The van der Waals surface area contributed by atoms with Gasteiger partial charge in [-0.05, 0) is 54.1 Å². The van der Waals surface area contributed by atoms with Gasteiger partial charge in [0.2, 0.25) is 5.91 Å². The number of Topliss-reactive ketones (excluding diaryl/α,β-unsaturated/α-hetero) is 1. The fraction of sp³-hybridized carbons (Fsp3) is 0.0455. The van der Waals surface area contributed by atoms with Gasteiger partial charge in [-0.2, -0.15) is 0 Å². The van der Waals surface area contributed by atoms with Crippen LogP contribution in [0.4, 0.5) is 0 Å². The molecule has 6 heteroatoms. The van der Waals surface area contributed by atoms with Crippen molar-refractivity contribution in [2.75, 3.05) is 0 Å². The molecule has 0 saturated carbocycles. The van der Waals surface area contributed by atoms with Crippen LogP contribution in [0.5, 0.6) is 0 Å². The SMILES string of the molecule is O=C(NC(=O)[C@H](C(=O)c1ccc(Cl)cc1)c1ccccc1)c1ccc(Cl)cc1. The van der Waals surface area contributed by atoms with Crippen molar-refractivity contribution in [2.45, 2.75) is 5.92 Å². The molecule has 28 heavy (non-hydrogen) atoms. The molecule has 3 aromatic carbocycles. The fourth-order valence-electron chi connectivity index (χ4n) is 2.71. The number of carbonyl (C=O) groups excluding carboxylic acids is 3. The van der Waals surface area contributed by atoms with Gasteiger partial charge in [0.15, 0.2) is 5.78 Å². The predicted octanol–water partition coefficient (Wildman–Crippen LogP) is 4.92. The summed E-state index contributed by atoms with van der Waals surface area (Å²) in [5, 5.41) is 3.27. The smallest absolute Gasteiger partial charge is 0.257 e. The van der Waals surface area contributed by atoms with E-state index in [1.807, 2.05) is 0 Å². The first kappa shape index (κ1) is 19.8. The van der Waals surface area contributed by atoms with E-state index in [0.717, 1.165) is 0 Å². The zero-order valence-electron chi connectivity index (χ0n) is 14.6. The summed E-state index contributed by atoms with van der Waals surface area (Å²) in [6.07, 6.45) is 0. The third-order valence-electron chi connectivity index (χ3n) is 4.13. The molecule has 3 rings (SSSR count). The fourth-order valence-corrected chi connectivity index (χ4v) is 2.96.